The number of carbonyl (C=O) groups excluding carboxylic acids is 2. The van der Waals surface area contributed by atoms with Crippen molar-refractivity contribution in [2.24, 2.45) is 5.92 Å². The molecule has 5 rings (SSSR count). The van der Waals surface area contributed by atoms with Gasteiger partial charge in [0.05, 0.1) is 26.7 Å². The molecule has 1 saturated carbocycles. The van der Waals surface area contributed by atoms with Gasteiger partial charge in [0.2, 0.25) is 17.6 Å². The molecular weight excluding hydrogens is 472 g/mol. The Bertz CT molecular complexity index is 1240. The monoisotopic (exact) mass is 496 g/mol. The average molecular weight is 497 g/mol. The fourth-order valence-corrected chi connectivity index (χ4v) is 5.02. The predicted octanol–water partition coefficient (Wildman–Crippen LogP) is 4.41. The van der Waals surface area contributed by atoms with Crippen molar-refractivity contribution in [1.82, 2.24) is 20.4 Å². The molecule has 10 heteroatoms. The number of urea groups is 1. The summed E-state index contributed by atoms with van der Waals surface area (Å²) in [5, 5.41) is 7.72. The fourth-order valence-electron chi connectivity index (χ4n) is 4.81. The minimum Gasteiger partial charge on any atom is -0.497 e. The summed E-state index contributed by atoms with van der Waals surface area (Å²) in [6.45, 7) is 0.189. The molecule has 3 atom stereocenters. The van der Waals surface area contributed by atoms with E-state index < -0.39 is 6.03 Å². The molecule has 1 aliphatic carbocycles. The maximum absolute atomic E-state index is 13.2. The number of amides is 3. The number of benzene rings is 2. The molecule has 2 fully saturated rings. The van der Waals surface area contributed by atoms with Gasteiger partial charge in [0, 0.05) is 28.6 Å². The number of carbonyl (C=O) groups is 2. The van der Waals surface area contributed by atoms with Crippen LogP contribution in [0.25, 0.3) is 11.4 Å². The minimum atomic E-state index is -0.397. The van der Waals surface area contributed by atoms with E-state index in [1.807, 2.05) is 18.2 Å². The minimum absolute atomic E-state index is 0.0578. The predicted molar refractivity (Wildman–Crippen MR) is 127 cm³/mol. The SMILES string of the molecule is COc1cc(OC)cc(-c2noc(C3CCC4C(=O)N(Cc5cccc(Cl)c5)C(=O)NC4C3)n2)c1. The van der Waals surface area contributed by atoms with Gasteiger partial charge in [-0.1, -0.05) is 28.9 Å². The lowest BCUT2D eigenvalue weighted by Gasteiger charge is -2.41. The van der Waals surface area contributed by atoms with Gasteiger partial charge in [0.1, 0.15) is 11.5 Å². The number of hydrogen-bond acceptors (Lipinski definition) is 7. The van der Waals surface area contributed by atoms with Gasteiger partial charge in [-0.15, -0.1) is 0 Å². The molecule has 3 amide bonds. The first-order valence-corrected chi connectivity index (χ1v) is 11.8. The first-order chi connectivity index (χ1) is 16.9. The van der Waals surface area contributed by atoms with Gasteiger partial charge in [0.25, 0.3) is 0 Å². The average Bonchev–Trinajstić information content (AvgIpc) is 3.36. The van der Waals surface area contributed by atoms with Crippen LogP contribution in [0.1, 0.15) is 36.6 Å². The number of nitrogens with one attached hydrogen (secondary N) is 1. The van der Waals surface area contributed by atoms with Gasteiger partial charge >= 0.3 is 6.03 Å². The maximum Gasteiger partial charge on any atom is 0.324 e. The van der Waals surface area contributed by atoms with E-state index in [2.05, 4.69) is 15.5 Å². The van der Waals surface area contributed by atoms with Crippen LogP contribution in [0.4, 0.5) is 4.79 Å². The van der Waals surface area contributed by atoms with Crippen LogP contribution in [0.2, 0.25) is 5.02 Å². The lowest BCUT2D eigenvalue weighted by atomic mass is 9.76. The van der Waals surface area contributed by atoms with E-state index in [1.165, 1.54) is 4.90 Å². The standard InChI is InChI=1S/C25H25ClN4O5/c1-33-18-9-16(10-19(12-18)34-2)22-28-23(35-29-22)15-6-7-20-21(11-15)27-25(32)30(24(20)31)13-14-4-3-5-17(26)8-14/h3-5,8-10,12,15,20-21H,6-7,11,13H2,1-2H3,(H,27,32). The highest BCUT2D eigenvalue weighted by Crippen LogP contribution is 2.39. The van der Waals surface area contributed by atoms with Crippen molar-refractivity contribution >= 4 is 23.5 Å². The van der Waals surface area contributed by atoms with Crippen LogP contribution in [-0.2, 0) is 11.3 Å². The lowest BCUT2D eigenvalue weighted by molar-refractivity contribution is -0.137. The van der Waals surface area contributed by atoms with Gasteiger partial charge < -0.3 is 19.3 Å². The van der Waals surface area contributed by atoms with E-state index in [1.54, 1.807) is 38.5 Å². The van der Waals surface area contributed by atoms with Crippen molar-refractivity contribution in [3.8, 4) is 22.9 Å². The first-order valence-electron chi connectivity index (χ1n) is 11.4. The molecule has 35 heavy (non-hydrogen) atoms. The molecule has 1 N–H and O–H groups in total. The smallest absolute Gasteiger partial charge is 0.324 e. The Labute approximate surface area is 207 Å². The highest BCUT2D eigenvalue weighted by Gasteiger charge is 2.45. The molecule has 9 nitrogen and oxygen atoms in total. The Kier molecular flexibility index (Phi) is 6.34. The molecule has 2 heterocycles. The molecule has 3 unspecified atom stereocenters. The zero-order valence-electron chi connectivity index (χ0n) is 19.4. The van der Waals surface area contributed by atoms with E-state index in [0.717, 1.165) is 5.56 Å². The quantitative estimate of drug-likeness (QED) is 0.538. The summed E-state index contributed by atoms with van der Waals surface area (Å²) in [5.41, 5.74) is 1.52. The van der Waals surface area contributed by atoms with Crippen LogP contribution in [0, 0.1) is 5.92 Å². The molecule has 1 aliphatic heterocycles. The van der Waals surface area contributed by atoms with Crippen LogP contribution in [0.3, 0.4) is 0 Å². The van der Waals surface area contributed by atoms with E-state index in [-0.39, 0.29) is 30.3 Å². The summed E-state index contributed by atoms with van der Waals surface area (Å²) in [6, 6.07) is 11.9. The Morgan fingerprint density at radius 3 is 2.60 bits per heavy atom. The van der Waals surface area contributed by atoms with Crippen molar-refractivity contribution < 1.29 is 23.6 Å². The van der Waals surface area contributed by atoms with Crippen molar-refractivity contribution in [1.29, 1.82) is 0 Å². The maximum atomic E-state index is 13.2. The number of rotatable bonds is 6. The Morgan fingerprint density at radius 2 is 1.89 bits per heavy atom. The summed E-state index contributed by atoms with van der Waals surface area (Å²) in [5.74, 6) is 1.66. The van der Waals surface area contributed by atoms with Crippen LogP contribution >= 0.6 is 11.6 Å². The normalized spacial score (nSPS) is 21.9. The first kappa shape index (κ1) is 23.2. The second-order valence-corrected chi connectivity index (χ2v) is 9.22. The highest BCUT2D eigenvalue weighted by atomic mass is 35.5. The van der Waals surface area contributed by atoms with Crippen LogP contribution in [0.5, 0.6) is 11.5 Å². The van der Waals surface area contributed by atoms with E-state index in [4.69, 9.17) is 25.6 Å². The van der Waals surface area contributed by atoms with E-state index >= 15 is 0 Å². The summed E-state index contributed by atoms with van der Waals surface area (Å²) in [6.07, 6.45) is 1.87. The van der Waals surface area contributed by atoms with Gasteiger partial charge in [-0.25, -0.2) is 4.79 Å². The zero-order chi connectivity index (χ0) is 24.5. The molecule has 2 aromatic carbocycles. The topological polar surface area (TPSA) is 107 Å². The molecular formula is C25H25ClN4O5. The number of aromatic nitrogens is 2. The lowest BCUT2D eigenvalue weighted by Crippen LogP contribution is -2.60. The van der Waals surface area contributed by atoms with Crippen LogP contribution in [-0.4, -0.2) is 47.2 Å². The number of nitrogens with zero attached hydrogens (tertiary/aromatic N) is 3. The van der Waals surface area contributed by atoms with Gasteiger partial charge in [-0.2, -0.15) is 4.98 Å². The van der Waals surface area contributed by atoms with E-state index in [0.29, 0.717) is 53.1 Å². The third-order valence-electron chi connectivity index (χ3n) is 6.62. The second kappa shape index (κ2) is 9.58. The summed E-state index contributed by atoms with van der Waals surface area (Å²) in [4.78, 5) is 31.8. The third-order valence-corrected chi connectivity index (χ3v) is 6.85. The molecule has 1 saturated heterocycles. The number of halogens is 1. The Morgan fingerprint density at radius 1 is 1.11 bits per heavy atom. The molecule has 2 aliphatic rings. The molecule has 1 aromatic heterocycles. The van der Waals surface area contributed by atoms with E-state index in [9.17, 15) is 9.59 Å². The van der Waals surface area contributed by atoms with Gasteiger partial charge in [-0.05, 0) is 49.1 Å². The largest absolute Gasteiger partial charge is 0.497 e. The summed E-state index contributed by atoms with van der Waals surface area (Å²) < 4.78 is 16.2. The fraction of sp³-hybridized carbons (Fsp3) is 0.360. The highest BCUT2D eigenvalue weighted by molar-refractivity contribution is 6.30. The number of methoxy groups -OCH3 is 2. The van der Waals surface area contributed by atoms with Crippen molar-refractivity contribution in [2.45, 2.75) is 37.8 Å². The number of imide groups is 1. The third kappa shape index (κ3) is 4.68. The summed E-state index contributed by atoms with van der Waals surface area (Å²) in [7, 11) is 3.16. The van der Waals surface area contributed by atoms with Gasteiger partial charge in [-0.3, -0.25) is 9.69 Å². The van der Waals surface area contributed by atoms with Gasteiger partial charge in [0.15, 0.2) is 0 Å². The van der Waals surface area contributed by atoms with Crippen molar-refractivity contribution in [2.75, 3.05) is 14.2 Å². The zero-order valence-corrected chi connectivity index (χ0v) is 20.1. The Balaban J connectivity index is 1.29. The van der Waals surface area contributed by atoms with Crippen LogP contribution < -0.4 is 14.8 Å². The molecule has 182 valence electrons. The second-order valence-electron chi connectivity index (χ2n) is 8.78. The molecule has 0 radical (unpaired) electrons. The number of hydrogen-bond donors (Lipinski definition) is 1. The van der Waals surface area contributed by atoms with Crippen molar-refractivity contribution in [3.63, 3.8) is 0 Å². The number of fused-ring (bicyclic) bond motifs is 1. The summed E-state index contributed by atoms with van der Waals surface area (Å²) >= 11 is 6.05. The Hall–Kier alpha value is -3.59. The molecule has 0 spiro atoms. The number of ether oxygens (including phenoxy) is 2. The van der Waals surface area contributed by atoms with Crippen LogP contribution in [0.15, 0.2) is 47.0 Å². The van der Waals surface area contributed by atoms with Crippen molar-refractivity contribution in [3.05, 3.63) is 58.9 Å². The molecule has 0 bridgehead atoms. The molecule has 3 aromatic rings.